The van der Waals surface area contributed by atoms with Crippen molar-refractivity contribution < 1.29 is 9.13 Å². The Labute approximate surface area is 185 Å². The topological polar surface area (TPSA) is 44.1 Å². The Kier molecular flexibility index (Phi) is 6.50. The van der Waals surface area contributed by atoms with E-state index in [1.807, 2.05) is 42.5 Å². The lowest BCUT2D eigenvalue weighted by Crippen LogP contribution is -2.24. The molecule has 0 radical (unpaired) electrons. The largest absolute Gasteiger partial charge is 0.493 e. The van der Waals surface area contributed by atoms with Crippen molar-refractivity contribution in [1.82, 2.24) is 9.55 Å². The smallest absolute Gasteiger partial charge is 0.262 e. The molecule has 0 saturated heterocycles. The summed E-state index contributed by atoms with van der Waals surface area (Å²) in [6.07, 6.45) is 0. The van der Waals surface area contributed by atoms with E-state index >= 15 is 0 Å². The van der Waals surface area contributed by atoms with Crippen LogP contribution in [0.2, 0.25) is 0 Å². The zero-order valence-electron chi connectivity index (χ0n) is 15.9. The first-order valence-electron chi connectivity index (χ1n) is 9.35. The maximum atomic E-state index is 13.3. The lowest BCUT2D eigenvalue weighted by molar-refractivity contribution is 0.343. The van der Waals surface area contributed by atoms with Crippen LogP contribution in [-0.2, 0) is 6.54 Å². The first-order chi connectivity index (χ1) is 14.6. The summed E-state index contributed by atoms with van der Waals surface area (Å²) in [6, 6.07) is 21.1. The minimum absolute atomic E-state index is 0.111. The molecule has 4 nitrogen and oxygen atoms in total. The fourth-order valence-corrected chi connectivity index (χ4v) is 4.21. The number of fused-ring (bicyclic) bond motifs is 1. The maximum absolute atomic E-state index is 13.3. The second kappa shape index (κ2) is 9.45. The molecule has 0 fully saturated rings. The number of nitrogens with zero attached hydrogens (tertiary/aromatic N) is 2. The Bertz CT molecular complexity index is 1230. The van der Waals surface area contributed by atoms with Crippen LogP contribution < -0.4 is 10.3 Å². The van der Waals surface area contributed by atoms with Gasteiger partial charge in [0.25, 0.3) is 5.56 Å². The molecule has 1 heterocycles. The van der Waals surface area contributed by atoms with Gasteiger partial charge in [0.15, 0.2) is 5.16 Å². The van der Waals surface area contributed by atoms with Crippen molar-refractivity contribution in [3.63, 3.8) is 0 Å². The van der Waals surface area contributed by atoms with Gasteiger partial charge in [-0.3, -0.25) is 9.36 Å². The molecule has 3 aromatic carbocycles. The molecule has 152 valence electrons. The maximum Gasteiger partial charge on any atom is 0.262 e. The third kappa shape index (κ3) is 4.91. The van der Waals surface area contributed by atoms with Gasteiger partial charge in [0, 0.05) is 10.2 Å². The molecule has 0 unspecified atom stereocenters. The SMILES string of the molecule is O=c1c2ccccc2nc(SCCOc2cccc(Br)c2)n1Cc1ccc(F)cc1. The molecule has 0 aliphatic heterocycles. The lowest BCUT2D eigenvalue weighted by atomic mass is 10.2. The van der Waals surface area contributed by atoms with Gasteiger partial charge in [-0.2, -0.15) is 0 Å². The summed E-state index contributed by atoms with van der Waals surface area (Å²) in [6.45, 7) is 0.798. The van der Waals surface area contributed by atoms with Crippen molar-refractivity contribution in [2.45, 2.75) is 11.7 Å². The zero-order valence-corrected chi connectivity index (χ0v) is 18.3. The summed E-state index contributed by atoms with van der Waals surface area (Å²) in [7, 11) is 0. The van der Waals surface area contributed by atoms with Crippen LogP contribution in [0.3, 0.4) is 0 Å². The van der Waals surface area contributed by atoms with E-state index in [9.17, 15) is 9.18 Å². The molecular weight excluding hydrogens is 467 g/mol. The molecule has 0 aliphatic carbocycles. The monoisotopic (exact) mass is 484 g/mol. The summed E-state index contributed by atoms with van der Waals surface area (Å²) in [5.74, 6) is 1.10. The number of ether oxygens (including phenoxy) is 1. The van der Waals surface area contributed by atoms with Gasteiger partial charge in [-0.1, -0.05) is 58.0 Å². The first kappa shape index (κ1) is 20.6. The van der Waals surface area contributed by atoms with Crippen LogP contribution in [0.1, 0.15) is 5.56 Å². The molecule has 30 heavy (non-hydrogen) atoms. The number of hydrogen-bond acceptors (Lipinski definition) is 4. The third-order valence-electron chi connectivity index (χ3n) is 4.46. The van der Waals surface area contributed by atoms with E-state index in [2.05, 4.69) is 15.9 Å². The fourth-order valence-electron chi connectivity index (χ4n) is 3.02. The third-order valence-corrected chi connectivity index (χ3v) is 5.89. The van der Waals surface area contributed by atoms with Crippen LogP contribution >= 0.6 is 27.7 Å². The molecule has 0 saturated carbocycles. The van der Waals surface area contributed by atoms with Gasteiger partial charge in [-0.25, -0.2) is 9.37 Å². The Morgan fingerprint density at radius 3 is 2.63 bits per heavy atom. The molecule has 0 N–H and O–H groups in total. The first-order valence-corrected chi connectivity index (χ1v) is 11.1. The molecule has 4 aromatic rings. The van der Waals surface area contributed by atoms with Crippen molar-refractivity contribution in [1.29, 1.82) is 0 Å². The van der Waals surface area contributed by atoms with E-state index in [1.165, 1.54) is 23.9 Å². The quantitative estimate of drug-likeness (QED) is 0.197. The van der Waals surface area contributed by atoms with Crippen molar-refractivity contribution in [3.8, 4) is 5.75 Å². The van der Waals surface area contributed by atoms with Crippen LogP contribution in [0.5, 0.6) is 5.75 Å². The van der Waals surface area contributed by atoms with Crippen molar-refractivity contribution >= 4 is 38.6 Å². The summed E-state index contributed by atoms with van der Waals surface area (Å²) >= 11 is 4.89. The number of para-hydroxylation sites is 1. The number of thioether (sulfide) groups is 1. The van der Waals surface area contributed by atoms with Crippen molar-refractivity contribution in [2.75, 3.05) is 12.4 Å². The Morgan fingerprint density at radius 1 is 1.03 bits per heavy atom. The molecular formula is C23H18BrFN2O2S. The molecule has 0 spiro atoms. The second-order valence-corrected chi connectivity index (χ2v) is 8.56. The summed E-state index contributed by atoms with van der Waals surface area (Å²) in [4.78, 5) is 17.8. The summed E-state index contributed by atoms with van der Waals surface area (Å²) in [5, 5.41) is 1.18. The van der Waals surface area contributed by atoms with Gasteiger partial charge < -0.3 is 4.74 Å². The number of benzene rings is 3. The van der Waals surface area contributed by atoms with E-state index < -0.39 is 0 Å². The Morgan fingerprint density at radius 2 is 1.83 bits per heavy atom. The highest BCUT2D eigenvalue weighted by atomic mass is 79.9. The van der Waals surface area contributed by atoms with E-state index in [1.54, 1.807) is 22.8 Å². The fraction of sp³-hybridized carbons (Fsp3) is 0.130. The summed E-state index contributed by atoms with van der Waals surface area (Å²) in [5.41, 5.74) is 1.39. The van der Waals surface area contributed by atoms with E-state index in [0.29, 0.717) is 35.0 Å². The van der Waals surface area contributed by atoms with Crippen molar-refractivity contribution in [3.05, 3.63) is 99.0 Å². The average molecular weight is 485 g/mol. The normalized spacial score (nSPS) is 11.0. The molecule has 0 atom stereocenters. The zero-order chi connectivity index (χ0) is 20.9. The van der Waals surface area contributed by atoms with Gasteiger partial charge in [0.05, 0.1) is 24.1 Å². The highest BCUT2D eigenvalue weighted by molar-refractivity contribution is 9.10. The van der Waals surface area contributed by atoms with Gasteiger partial charge in [-0.05, 0) is 48.0 Å². The van der Waals surface area contributed by atoms with Gasteiger partial charge in [0.1, 0.15) is 11.6 Å². The minimum atomic E-state index is -0.304. The molecule has 4 rings (SSSR count). The molecule has 0 amide bonds. The van der Waals surface area contributed by atoms with Crippen LogP contribution in [0, 0.1) is 5.82 Å². The van der Waals surface area contributed by atoms with E-state index in [-0.39, 0.29) is 11.4 Å². The van der Waals surface area contributed by atoms with E-state index in [4.69, 9.17) is 9.72 Å². The van der Waals surface area contributed by atoms with Crippen LogP contribution in [0.4, 0.5) is 4.39 Å². The predicted molar refractivity (Wildman–Crippen MR) is 122 cm³/mol. The second-order valence-electron chi connectivity index (χ2n) is 6.58. The van der Waals surface area contributed by atoms with Gasteiger partial charge in [-0.15, -0.1) is 0 Å². The van der Waals surface area contributed by atoms with Crippen LogP contribution in [-0.4, -0.2) is 21.9 Å². The number of hydrogen-bond donors (Lipinski definition) is 0. The van der Waals surface area contributed by atoms with Crippen LogP contribution in [0.15, 0.2) is 87.2 Å². The Balaban J connectivity index is 1.57. The number of halogens is 2. The van der Waals surface area contributed by atoms with E-state index in [0.717, 1.165) is 15.8 Å². The lowest BCUT2D eigenvalue weighted by Gasteiger charge is -2.13. The highest BCUT2D eigenvalue weighted by Gasteiger charge is 2.12. The number of rotatable bonds is 7. The highest BCUT2D eigenvalue weighted by Crippen LogP contribution is 2.21. The molecule has 1 aromatic heterocycles. The standard InChI is InChI=1S/C23H18BrFN2O2S/c24-17-4-3-5-19(14-17)29-12-13-30-23-26-21-7-2-1-6-20(21)22(28)27(23)15-16-8-10-18(25)11-9-16/h1-11,14H,12-13,15H2. The number of aromatic nitrogens is 2. The summed E-state index contributed by atoms with van der Waals surface area (Å²) < 4.78 is 21.6. The van der Waals surface area contributed by atoms with Gasteiger partial charge in [0.2, 0.25) is 0 Å². The molecule has 0 bridgehead atoms. The molecule has 7 heteroatoms. The molecule has 0 aliphatic rings. The van der Waals surface area contributed by atoms with Crippen LogP contribution in [0.25, 0.3) is 10.9 Å². The predicted octanol–water partition coefficient (Wildman–Crippen LogP) is 5.52. The average Bonchev–Trinajstić information content (AvgIpc) is 2.75. The Hall–Kier alpha value is -2.64. The van der Waals surface area contributed by atoms with Gasteiger partial charge >= 0.3 is 0 Å². The van der Waals surface area contributed by atoms with Crippen molar-refractivity contribution in [2.24, 2.45) is 0 Å². The minimum Gasteiger partial charge on any atom is -0.493 e.